The molecule has 0 N–H and O–H groups in total. The van der Waals surface area contributed by atoms with Crippen LogP contribution in [0.3, 0.4) is 0 Å². The number of ether oxygens (including phenoxy) is 2. The molecule has 0 amide bonds. The Hall–Kier alpha value is -0.830. The lowest BCUT2D eigenvalue weighted by Crippen LogP contribution is -1.95. The Kier molecular flexibility index (Phi) is 4.82. The summed E-state index contributed by atoms with van der Waals surface area (Å²) < 4.78 is 9.24. The van der Waals surface area contributed by atoms with Crippen molar-refractivity contribution in [3.8, 4) is 0 Å². The molecule has 0 rings (SSSR count). The normalized spacial score (nSPS) is 11.1. The van der Waals surface area contributed by atoms with E-state index in [1.165, 1.54) is 20.5 Å². The minimum Gasteiger partial charge on any atom is -0.504 e. The highest BCUT2D eigenvalue weighted by Gasteiger charge is 1.91. The van der Waals surface area contributed by atoms with Gasteiger partial charge in [0.1, 0.15) is 0 Å². The van der Waals surface area contributed by atoms with Crippen LogP contribution in [-0.4, -0.2) is 27.1 Å². The molecule has 0 fully saturated rings. The summed E-state index contributed by atoms with van der Waals surface area (Å²) in [7, 11) is 3.01. The molecule has 0 radical (unpaired) electrons. The molecule has 0 spiro atoms. The van der Waals surface area contributed by atoms with Crippen LogP contribution in [0.5, 0.6) is 0 Å². The van der Waals surface area contributed by atoms with E-state index in [-0.39, 0.29) is 0 Å². The summed E-state index contributed by atoms with van der Waals surface area (Å²) in [6.07, 6.45) is 2.06. The molecule has 0 saturated heterocycles. The lowest BCUT2D eigenvalue weighted by atomic mass is 10.4. The smallest absolute Gasteiger partial charge is 0.151 e. The van der Waals surface area contributed by atoms with Gasteiger partial charge in [-0.2, -0.15) is 0 Å². The third-order valence-electron chi connectivity index (χ3n) is 0.732. The van der Waals surface area contributed by atoms with Crippen LogP contribution in [0.15, 0.2) is 11.8 Å². The van der Waals surface area contributed by atoms with Crippen LogP contribution in [0.4, 0.5) is 0 Å². The topological polar surface area (TPSA) is 35.5 Å². The van der Waals surface area contributed by atoms with E-state index in [0.717, 1.165) is 0 Å². The van der Waals surface area contributed by atoms with Crippen LogP contribution in [0.2, 0.25) is 0 Å². The van der Waals surface area contributed by atoms with E-state index >= 15 is 0 Å². The minimum absolute atomic E-state index is 0.303. The number of carbonyl (C=O) groups excluding carboxylic acids is 1. The lowest BCUT2D eigenvalue weighted by molar-refractivity contribution is -0.105. The zero-order valence-corrected chi connectivity index (χ0v) is 5.59. The summed E-state index contributed by atoms with van der Waals surface area (Å²) in [5, 5.41) is 0. The van der Waals surface area contributed by atoms with E-state index in [1.807, 2.05) is 0 Å². The molecule has 0 aromatic rings. The average Bonchev–Trinajstić information content (AvgIpc) is 1.88. The van der Waals surface area contributed by atoms with E-state index in [9.17, 15) is 4.79 Å². The molecule has 0 aromatic heterocycles. The molecular weight excluding hydrogens is 120 g/mol. The third kappa shape index (κ3) is 3.73. The van der Waals surface area contributed by atoms with Crippen LogP contribution in [0.1, 0.15) is 0 Å². The average molecular weight is 130 g/mol. The maximum atomic E-state index is 10.1. The van der Waals surface area contributed by atoms with Crippen molar-refractivity contribution in [2.75, 3.05) is 20.8 Å². The summed E-state index contributed by atoms with van der Waals surface area (Å²) in [5.74, 6) is 0. The fourth-order valence-corrected chi connectivity index (χ4v) is 0.414. The van der Waals surface area contributed by atoms with Crippen molar-refractivity contribution in [1.29, 1.82) is 0 Å². The van der Waals surface area contributed by atoms with Crippen LogP contribution >= 0.6 is 0 Å². The van der Waals surface area contributed by atoms with Crippen molar-refractivity contribution >= 4 is 6.29 Å². The maximum Gasteiger partial charge on any atom is 0.151 e. The summed E-state index contributed by atoms with van der Waals surface area (Å²) >= 11 is 0. The van der Waals surface area contributed by atoms with Crippen LogP contribution in [-0.2, 0) is 14.3 Å². The first-order chi connectivity index (χ1) is 4.35. The first kappa shape index (κ1) is 8.17. The zero-order valence-electron chi connectivity index (χ0n) is 5.59. The van der Waals surface area contributed by atoms with E-state index in [0.29, 0.717) is 18.5 Å². The summed E-state index contributed by atoms with van der Waals surface area (Å²) in [6.45, 7) is 0.303. The van der Waals surface area contributed by atoms with Crippen LogP contribution < -0.4 is 0 Å². The first-order valence-electron chi connectivity index (χ1n) is 2.51. The van der Waals surface area contributed by atoms with Crippen molar-refractivity contribution in [2.24, 2.45) is 0 Å². The summed E-state index contributed by atoms with van der Waals surface area (Å²) in [6, 6.07) is 0. The van der Waals surface area contributed by atoms with Gasteiger partial charge in [-0.05, 0) is 0 Å². The van der Waals surface area contributed by atoms with Gasteiger partial charge in [-0.3, -0.25) is 4.79 Å². The highest BCUT2D eigenvalue weighted by Crippen LogP contribution is 1.88. The monoisotopic (exact) mass is 130 g/mol. The Morgan fingerprint density at radius 2 is 2.22 bits per heavy atom. The summed E-state index contributed by atoms with van der Waals surface area (Å²) in [4.78, 5) is 10.1. The second kappa shape index (κ2) is 5.31. The molecule has 0 saturated carbocycles. The number of rotatable bonds is 4. The molecular formula is C6H10O3. The van der Waals surface area contributed by atoms with E-state index in [2.05, 4.69) is 9.47 Å². The molecule has 3 heteroatoms. The van der Waals surface area contributed by atoms with E-state index < -0.39 is 0 Å². The van der Waals surface area contributed by atoms with Crippen LogP contribution in [0.25, 0.3) is 0 Å². The van der Waals surface area contributed by atoms with Gasteiger partial charge < -0.3 is 9.47 Å². The molecule has 0 bridgehead atoms. The molecule has 0 aliphatic carbocycles. The standard InChI is InChI=1S/C6H10O3/c1-8-4-6(3-7)5-9-2/h3-4H,5H2,1-2H3/b6-4+. The Morgan fingerprint density at radius 1 is 1.56 bits per heavy atom. The Labute approximate surface area is 54.3 Å². The predicted octanol–water partition coefficient (Wildman–Crippen LogP) is 0.362. The highest BCUT2D eigenvalue weighted by atomic mass is 16.5. The van der Waals surface area contributed by atoms with E-state index in [1.54, 1.807) is 0 Å². The molecule has 0 aromatic carbocycles. The highest BCUT2D eigenvalue weighted by molar-refractivity contribution is 5.72. The SMILES string of the molecule is CO/C=C(\C=O)COC. The second-order valence-corrected chi connectivity index (χ2v) is 1.48. The molecule has 3 nitrogen and oxygen atoms in total. The molecule has 0 aliphatic rings. The van der Waals surface area contributed by atoms with Gasteiger partial charge in [0.2, 0.25) is 0 Å². The Bertz CT molecular complexity index is 107. The van der Waals surface area contributed by atoms with Gasteiger partial charge in [-0.25, -0.2) is 0 Å². The lowest BCUT2D eigenvalue weighted by Gasteiger charge is -1.94. The van der Waals surface area contributed by atoms with Crippen molar-refractivity contribution in [3.05, 3.63) is 11.8 Å². The van der Waals surface area contributed by atoms with Crippen molar-refractivity contribution < 1.29 is 14.3 Å². The van der Waals surface area contributed by atoms with Gasteiger partial charge in [0.25, 0.3) is 0 Å². The summed E-state index contributed by atoms with van der Waals surface area (Å²) in [5.41, 5.74) is 0.500. The fourth-order valence-electron chi connectivity index (χ4n) is 0.414. The maximum absolute atomic E-state index is 10.1. The Balaban J connectivity index is 3.66. The van der Waals surface area contributed by atoms with Gasteiger partial charge in [0, 0.05) is 7.11 Å². The van der Waals surface area contributed by atoms with Gasteiger partial charge >= 0.3 is 0 Å². The van der Waals surface area contributed by atoms with Crippen molar-refractivity contribution in [3.63, 3.8) is 0 Å². The third-order valence-corrected chi connectivity index (χ3v) is 0.732. The molecule has 9 heavy (non-hydrogen) atoms. The van der Waals surface area contributed by atoms with Crippen LogP contribution in [0, 0.1) is 0 Å². The largest absolute Gasteiger partial charge is 0.504 e. The van der Waals surface area contributed by atoms with Gasteiger partial charge in [-0.1, -0.05) is 0 Å². The van der Waals surface area contributed by atoms with Gasteiger partial charge in [-0.15, -0.1) is 0 Å². The molecule has 0 atom stereocenters. The van der Waals surface area contributed by atoms with E-state index in [4.69, 9.17) is 0 Å². The molecule has 0 aliphatic heterocycles. The number of methoxy groups -OCH3 is 2. The molecule has 52 valence electrons. The fraction of sp³-hybridized carbons (Fsp3) is 0.500. The van der Waals surface area contributed by atoms with Gasteiger partial charge in [0.15, 0.2) is 6.29 Å². The van der Waals surface area contributed by atoms with Crippen molar-refractivity contribution in [1.82, 2.24) is 0 Å². The second-order valence-electron chi connectivity index (χ2n) is 1.48. The number of hydrogen-bond donors (Lipinski definition) is 0. The Morgan fingerprint density at radius 3 is 2.56 bits per heavy atom. The zero-order chi connectivity index (χ0) is 7.11. The number of carbonyl (C=O) groups is 1. The quantitative estimate of drug-likeness (QED) is 0.313. The molecule has 0 unspecified atom stereocenters. The minimum atomic E-state index is 0.303. The van der Waals surface area contributed by atoms with Crippen molar-refractivity contribution in [2.45, 2.75) is 0 Å². The first-order valence-corrected chi connectivity index (χ1v) is 2.51. The van der Waals surface area contributed by atoms with Gasteiger partial charge in [0.05, 0.1) is 25.6 Å². The number of aldehydes is 1. The predicted molar refractivity (Wildman–Crippen MR) is 33.0 cm³/mol. The number of hydrogen-bond acceptors (Lipinski definition) is 3. The molecule has 0 heterocycles.